The monoisotopic (exact) mass is 542 g/mol. The van der Waals surface area contributed by atoms with E-state index in [-0.39, 0.29) is 29.9 Å². The normalized spacial score (nSPS) is 12.6. The number of nitrogens with zero attached hydrogens (tertiary/aromatic N) is 1. The number of carbonyl (C=O) groups is 1. The fraction of sp³-hybridized carbons (Fsp3) is 0.296. The van der Waals surface area contributed by atoms with Gasteiger partial charge in [0.2, 0.25) is 15.9 Å². The highest BCUT2D eigenvalue weighted by molar-refractivity contribution is 9.10. The summed E-state index contributed by atoms with van der Waals surface area (Å²) < 4.78 is 29.0. The largest absolute Gasteiger partial charge is 0.348 e. The van der Waals surface area contributed by atoms with Crippen LogP contribution in [0, 0.1) is 27.7 Å². The third kappa shape index (κ3) is 6.34. The van der Waals surface area contributed by atoms with Gasteiger partial charge in [-0.05, 0) is 86.7 Å². The van der Waals surface area contributed by atoms with Gasteiger partial charge in [0.05, 0.1) is 17.5 Å². The number of aryl methyl sites for hydroxylation is 4. The number of halogens is 1. The molecule has 0 saturated heterocycles. The molecule has 0 bridgehead atoms. The fourth-order valence-corrected chi connectivity index (χ4v) is 5.50. The van der Waals surface area contributed by atoms with Crippen LogP contribution in [0.2, 0.25) is 0 Å². The van der Waals surface area contributed by atoms with Crippen LogP contribution < -0.4 is 5.32 Å². The molecule has 0 aliphatic heterocycles. The molecule has 1 amide bonds. The third-order valence-electron chi connectivity index (χ3n) is 5.98. The van der Waals surface area contributed by atoms with Crippen LogP contribution in [0.1, 0.15) is 46.3 Å². The van der Waals surface area contributed by atoms with Crippen molar-refractivity contribution < 1.29 is 13.2 Å². The first-order valence-corrected chi connectivity index (χ1v) is 13.4. The maximum atomic E-state index is 13.5. The molecule has 0 fully saturated rings. The third-order valence-corrected chi connectivity index (χ3v) is 8.31. The summed E-state index contributed by atoms with van der Waals surface area (Å²) in [5.41, 5.74) is 6.37. The van der Waals surface area contributed by atoms with Gasteiger partial charge in [-0.15, -0.1) is 0 Å². The number of carbonyl (C=O) groups excluding carboxylic acids is 1. The Balaban J connectivity index is 1.85. The molecule has 34 heavy (non-hydrogen) atoms. The fourth-order valence-electron chi connectivity index (χ4n) is 3.85. The van der Waals surface area contributed by atoms with Gasteiger partial charge in [-0.1, -0.05) is 57.9 Å². The van der Waals surface area contributed by atoms with E-state index < -0.39 is 10.0 Å². The number of hydrogen-bond acceptors (Lipinski definition) is 3. The Labute approximate surface area is 211 Å². The van der Waals surface area contributed by atoms with E-state index >= 15 is 0 Å². The lowest BCUT2D eigenvalue weighted by Gasteiger charge is -2.24. The van der Waals surface area contributed by atoms with Crippen molar-refractivity contribution in [3.63, 3.8) is 0 Å². The lowest BCUT2D eigenvalue weighted by Crippen LogP contribution is -2.41. The highest BCUT2D eigenvalue weighted by Gasteiger charge is 2.27. The predicted molar refractivity (Wildman–Crippen MR) is 140 cm³/mol. The van der Waals surface area contributed by atoms with E-state index in [1.54, 1.807) is 24.3 Å². The topological polar surface area (TPSA) is 66.5 Å². The second kappa shape index (κ2) is 10.8. The number of hydrogen-bond donors (Lipinski definition) is 1. The van der Waals surface area contributed by atoms with E-state index in [0.29, 0.717) is 0 Å². The zero-order valence-corrected chi connectivity index (χ0v) is 22.6. The van der Waals surface area contributed by atoms with Crippen LogP contribution in [-0.2, 0) is 21.4 Å². The molecule has 1 atom stereocenters. The Morgan fingerprint density at radius 3 is 2.12 bits per heavy atom. The lowest BCUT2D eigenvalue weighted by molar-refractivity contribution is -0.122. The first-order valence-electron chi connectivity index (χ1n) is 11.2. The van der Waals surface area contributed by atoms with E-state index in [1.807, 2.05) is 52.0 Å². The molecule has 0 aliphatic carbocycles. The van der Waals surface area contributed by atoms with E-state index in [9.17, 15) is 13.2 Å². The molecule has 1 N–H and O–H groups in total. The number of sulfonamides is 1. The van der Waals surface area contributed by atoms with Crippen LogP contribution in [0.3, 0.4) is 0 Å². The molecule has 3 aromatic carbocycles. The zero-order valence-electron chi connectivity index (χ0n) is 20.2. The Kier molecular flexibility index (Phi) is 8.34. The summed E-state index contributed by atoms with van der Waals surface area (Å²) >= 11 is 3.34. The minimum Gasteiger partial charge on any atom is -0.348 e. The Bertz CT molecular complexity index is 1270. The highest BCUT2D eigenvalue weighted by Crippen LogP contribution is 2.23. The molecule has 3 aromatic rings. The van der Waals surface area contributed by atoms with Crippen molar-refractivity contribution in [3.05, 3.63) is 98.5 Å². The highest BCUT2D eigenvalue weighted by atomic mass is 79.9. The minimum absolute atomic E-state index is 0.100. The molecule has 0 spiro atoms. The predicted octanol–water partition coefficient (Wildman–Crippen LogP) is 5.75. The van der Waals surface area contributed by atoms with Crippen molar-refractivity contribution in [1.82, 2.24) is 9.62 Å². The summed E-state index contributed by atoms with van der Waals surface area (Å²) in [6.07, 6.45) is 0. The zero-order chi connectivity index (χ0) is 25.0. The quantitative estimate of drug-likeness (QED) is 0.394. The smallest absolute Gasteiger partial charge is 0.243 e. The van der Waals surface area contributed by atoms with Gasteiger partial charge >= 0.3 is 0 Å². The molecule has 0 aliphatic rings. The molecular formula is C27H31BrN2O3S. The van der Waals surface area contributed by atoms with E-state index in [4.69, 9.17) is 0 Å². The molecule has 3 rings (SSSR count). The lowest BCUT2D eigenvalue weighted by atomic mass is 9.96. The summed E-state index contributed by atoms with van der Waals surface area (Å²) in [4.78, 5) is 13.2. The first kappa shape index (κ1) is 26.1. The van der Waals surface area contributed by atoms with E-state index in [1.165, 1.54) is 9.87 Å². The summed E-state index contributed by atoms with van der Waals surface area (Å²) in [6.45, 7) is 9.84. The van der Waals surface area contributed by atoms with Crippen LogP contribution in [0.25, 0.3) is 0 Å². The maximum absolute atomic E-state index is 13.5. The maximum Gasteiger partial charge on any atom is 0.243 e. The van der Waals surface area contributed by atoms with Crippen molar-refractivity contribution in [2.75, 3.05) is 6.54 Å². The summed E-state index contributed by atoms with van der Waals surface area (Å²) in [6, 6.07) is 18.0. The van der Waals surface area contributed by atoms with Crippen LogP contribution in [0.5, 0.6) is 0 Å². The average molecular weight is 544 g/mol. The van der Waals surface area contributed by atoms with Gasteiger partial charge in [0.25, 0.3) is 0 Å². The standard InChI is InChI=1S/C27H31BrN2O3S/c1-18-6-8-23(9-7-18)16-30(34(32,33)25-12-10-24(28)11-13-25)17-27(31)29-22(5)26-15-20(3)19(2)14-21(26)4/h6-15,22H,16-17H2,1-5H3,(H,29,31). The summed E-state index contributed by atoms with van der Waals surface area (Å²) in [7, 11) is -3.89. The number of rotatable bonds is 8. The van der Waals surface area contributed by atoms with Gasteiger partial charge < -0.3 is 5.32 Å². The average Bonchev–Trinajstić information content (AvgIpc) is 2.77. The molecule has 180 valence electrons. The van der Waals surface area contributed by atoms with Crippen molar-refractivity contribution in [2.45, 2.75) is 52.1 Å². The molecule has 0 heterocycles. The van der Waals surface area contributed by atoms with Crippen LogP contribution in [0.15, 0.2) is 70.0 Å². The van der Waals surface area contributed by atoms with Gasteiger partial charge in [0.15, 0.2) is 0 Å². The minimum atomic E-state index is -3.89. The molecule has 1 unspecified atom stereocenters. The second-order valence-electron chi connectivity index (χ2n) is 8.79. The van der Waals surface area contributed by atoms with E-state index in [2.05, 4.69) is 40.3 Å². The number of nitrogens with one attached hydrogen (secondary N) is 1. The Morgan fingerprint density at radius 2 is 1.50 bits per heavy atom. The van der Waals surface area contributed by atoms with Crippen molar-refractivity contribution in [1.29, 1.82) is 0 Å². The first-order chi connectivity index (χ1) is 16.0. The molecule has 5 nitrogen and oxygen atoms in total. The number of benzene rings is 3. The summed E-state index contributed by atoms with van der Waals surface area (Å²) in [5, 5.41) is 2.99. The molecule has 0 aromatic heterocycles. The SMILES string of the molecule is Cc1ccc(CN(CC(=O)NC(C)c2cc(C)c(C)cc2C)S(=O)(=O)c2ccc(Br)cc2)cc1. The van der Waals surface area contributed by atoms with Crippen LogP contribution in [-0.4, -0.2) is 25.2 Å². The molecule has 0 saturated carbocycles. The van der Waals surface area contributed by atoms with Gasteiger partial charge in [0.1, 0.15) is 0 Å². The van der Waals surface area contributed by atoms with Gasteiger partial charge in [-0.3, -0.25) is 4.79 Å². The van der Waals surface area contributed by atoms with Gasteiger partial charge in [-0.2, -0.15) is 4.31 Å². The molecular weight excluding hydrogens is 512 g/mol. The van der Waals surface area contributed by atoms with Crippen molar-refractivity contribution in [2.24, 2.45) is 0 Å². The Hall–Kier alpha value is -2.48. The van der Waals surface area contributed by atoms with Crippen molar-refractivity contribution >= 4 is 31.9 Å². The molecule has 7 heteroatoms. The van der Waals surface area contributed by atoms with Crippen molar-refractivity contribution in [3.8, 4) is 0 Å². The van der Waals surface area contributed by atoms with E-state index in [0.717, 1.165) is 32.3 Å². The van der Waals surface area contributed by atoms with Crippen LogP contribution in [0.4, 0.5) is 0 Å². The second-order valence-corrected chi connectivity index (χ2v) is 11.6. The molecule has 0 radical (unpaired) electrons. The van der Waals surface area contributed by atoms with Gasteiger partial charge in [0, 0.05) is 11.0 Å². The summed E-state index contributed by atoms with van der Waals surface area (Å²) in [5.74, 6) is -0.349. The Morgan fingerprint density at radius 1 is 0.912 bits per heavy atom. The van der Waals surface area contributed by atoms with Gasteiger partial charge in [-0.25, -0.2) is 8.42 Å². The van der Waals surface area contributed by atoms with Crippen LogP contribution >= 0.6 is 15.9 Å². The number of amides is 1.